The Kier molecular flexibility index (Phi) is 4.76. The molecule has 1 atom stereocenters. The fourth-order valence-corrected chi connectivity index (χ4v) is 4.47. The Morgan fingerprint density at radius 3 is 2.55 bits per heavy atom. The van der Waals surface area contributed by atoms with Gasteiger partial charge in [-0.1, -0.05) is 0 Å². The molecule has 2 aromatic heterocycles. The molecule has 2 aliphatic rings. The van der Waals surface area contributed by atoms with Gasteiger partial charge < -0.3 is 9.64 Å². The smallest absolute Gasteiger partial charge is 0.322 e. The predicted octanol–water partition coefficient (Wildman–Crippen LogP) is 4.77. The molecule has 5 rings (SSSR count). The summed E-state index contributed by atoms with van der Waals surface area (Å²) in [6, 6.07) is 6.97. The minimum Gasteiger partial charge on any atom is -0.423 e. The highest BCUT2D eigenvalue weighted by molar-refractivity contribution is 5.95. The number of rotatable bonds is 4. The maximum absolute atomic E-state index is 12.4. The van der Waals surface area contributed by atoms with Crippen LogP contribution in [0.1, 0.15) is 56.1 Å². The molecule has 1 fully saturated rings. The number of fused-ring (bicyclic) bond motifs is 1. The molecular formula is C24H27N5O2. The highest BCUT2D eigenvalue weighted by Gasteiger charge is 2.31. The van der Waals surface area contributed by atoms with E-state index in [1.165, 1.54) is 12.8 Å². The zero-order valence-electron chi connectivity index (χ0n) is 18.4. The Labute approximate surface area is 182 Å². The third-order valence-corrected chi connectivity index (χ3v) is 6.08. The SMILES string of the molecule is CC(=O)N1c2ccc(-c3cnn(C4CC4)c3)c(Oc3nc(C)cc(C)n3)c2CC[C@@H]1C. The average molecular weight is 418 g/mol. The second-order valence-electron chi connectivity index (χ2n) is 8.69. The van der Waals surface area contributed by atoms with E-state index in [4.69, 9.17) is 4.74 Å². The summed E-state index contributed by atoms with van der Waals surface area (Å²) in [7, 11) is 0. The third-order valence-electron chi connectivity index (χ3n) is 6.08. The second-order valence-corrected chi connectivity index (χ2v) is 8.69. The Bertz CT molecular complexity index is 1140. The molecule has 3 aromatic rings. The summed E-state index contributed by atoms with van der Waals surface area (Å²) in [6.07, 6.45) is 8.03. The average Bonchev–Trinajstić information content (AvgIpc) is 3.44. The molecule has 0 spiro atoms. The molecule has 0 bridgehead atoms. The molecule has 1 aliphatic carbocycles. The fraction of sp³-hybridized carbons (Fsp3) is 0.417. The third kappa shape index (κ3) is 3.69. The summed E-state index contributed by atoms with van der Waals surface area (Å²) < 4.78 is 8.41. The van der Waals surface area contributed by atoms with Crippen LogP contribution in [0.4, 0.5) is 5.69 Å². The molecule has 160 valence electrons. The standard InChI is InChI=1S/C24H27N5O2/c1-14-11-15(2)27-24(26-14)31-23-20(18-12-25-28(13-18)19-6-7-19)9-10-22-21(23)8-5-16(3)29(22)17(4)30/h9-13,16,19H,5-8H2,1-4H3/t16-/m0/s1. The number of hydrogen-bond acceptors (Lipinski definition) is 5. The summed E-state index contributed by atoms with van der Waals surface area (Å²) in [5.74, 6) is 0.757. The quantitative estimate of drug-likeness (QED) is 0.611. The van der Waals surface area contributed by atoms with Gasteiger partial charge in [0.25, 0.3) is 0 Å². The van der Waals surface area contributed by atoms with E-state index in [1.807, 2.05) is 47.8 Å². The van der Waals surface area contributed by atoms with Crippen LogP contribution in [0.3, 0.4) is 0 Å². The van der Waals surface area contributed by atoms with E-state index in [-0.39, 0.29) is 11.9 Å². The van der Waals surface area contributed by atoms with E-state index in [1.54, 1.807) is 6.92 Å². The van der Waals surface area contributed by atoms with Crippen LogP contribution in [0.5, 0.6) is 11.8 Å². The van der Waals surface area contributed by atoms with Crippen LogP contribution in [0.25, 0.3) is 11.1 Å². The van der Waals surface area contributed by atoms with Gasteiger partial charge in [-0.05, 0) is 64.7 Å². The van der Waals surface area contributed by atoms with Crippen LogP contribution < -0.4 is 9.64 Å². The zero-order valence-corrected chi connectivity index (χ0v) is 18.4. The Hall–Kier alpha value is -3.22. The van der Waals surface area contributed by atoms with Gasteiger partial charge >= 0.3 is 6.01 Å². The first-order chi connectivity index (χ1) is 14.9. The molecule has 1 saturated carbocycles. The first kappa shape index (κ1) is 19.7. The van der Waals surface area contributed by atoms with Crippen LogP contribution in [0.15, 0.2) is 30.6 Å². The lowest BCUT2D eigenvalue weighted by molar-refractivity contribution is -0.117. The van der Waals surface area contributed by atoms with Gasteiger partial charge in [0.15, 0.2) is 0 Å². The first-order valence-electron chi connectivity index (χ1n) is 10.9. The fourth-order valence-electron chi connectivity index (χ4n) is 4.47. The van der Waals surface area contributed by atoms with E-state index in [9.17, 15) is 4.79 Å². The number of anilines is 1. The second kappa shape index (κ2) is 7.48. The van der Waals surface area contributed by atoms with Crippen molar-refractivity contribution in [2.75, 3.05) is 4.90 Å². The normalized spacial score (nSPS) is 18.1. The molecule has 1 amide bonds. The van der Waals surface area contributed by atoms with Gasteiger partial charge in [0.1, 0.15) is 5.75 Å². The van der Waals surface area contributed by atoms with Gasteiger partial charge in [-0.15, -0.1) is 0 Å². The Morgan fingerprint density at radius 2 is 1.87 bits per heavy atom. The van der Waals surface area contributed by atoms with Gasteiger partial charge in [0.05, 0.1) is 17.9 Å². The van der Waals surface area contributed by atoms with Crippen molar-refractivity contribution >= 4 is 11.6 Å². The molecule has 31 heavy (non-hydrogen) atoms. The van der Waals surface area contributed by atoms with Crippen molar-refractivity contribution < 1.29 is 9.53 Å². The van der Waals surface area contributed by atoms with E-state index in [0.717, 1.165) is 52.4 Å². The number of carbonyl (C=O) groups excluding carboxylic acids is 1. The molecule has 0 radical (unpaired) electrons. The molecule has 0 N–H and O–H groups in total. The van der Waals surface area contributed by atoms with Crippen LogP contribution in [-0.4, -0.2) is 31.7 Å². The Balaban J connectivity index is 1.66. The van der Waals surface area contributed by atoms with Gasteiger partial charge in [-0.25, -0.2) is 9.97 Å². The van der Waals surface area contributed by atoms with Crippen molar-refractivity contribution in [2.45, 2.75) is 65.5 Å². The van der Waals surface area contributed by atoms with Gasteiger partial charge in [0, 0.05) is 47.2 Å². The van der Waals surface area contributed by atoms with Crippen LogP contribution in [-0.2, 0) is 11.2 Å². The molecule has 0 unspecified atom stereocenters. The lowest BCUT2D eigenvalue weighted by Crippen LogP contribution is -2.40. The number of hydrogen-bond donors (Lipinski definition) is 0. The largest absolute Gasteiger partial charge is 0.423 e. The van der Waals surface area contributed by atoms with Crippen molar-refractivity contribution in [3.63, 3.8) is 0 Å². The van der Waals surface area contributed by atoms with Crippen molar-refractivity contribution in [3.05, 3.63) is 47.5 Å². The molecule has 3 heterocycles. The van der Waals surface area contributed by atoms with Crippen LogP contribution in [0, 0.1) is 13.8 Å². The number of ether oxygens (including phenoxy) is 1. The lowest BCUT2D eigenvalue weighted by atomic mass is 9.92. The molecular weight excluding hydrogens is 390 g/mol. The molecule has 0 saturated heterocycles. The number of aromatic nitrogens is 4. The van der Waals surface area contributed by atoms with Crippen LogP contribution in [0.2, 0.25) is 0 Å². The summed E-state index contributed by atoms with van der Waals surface area (Å²) in [5, 5.41) is 4.56. The highest BCUT2D eigenvalue weighted by atomic mass is 16.5. The number of benzene rings is 1. The van der Waals surface area contributed by atoms with Gasteiger partial charge in [0.2, 0.25) is 5.91 Å². The maximum Gasteiger partial charge on any atom is 0.322 e. The maximum atomic E-state index is 12.4. The highest BCUT2D eigenvalue weighted by Crippen LogP contribution is 2.45. The summed E-state index contributed by atoms with van der Waals surface area (Å²) in [5.41, 5.74) is 5.59. The number of nitrogens with zero attached hydrogens (tertiary/aromatic N) is 5. The van der Waals surface area contributed by atoms with Crippen molar-refractivity contribution in [1.82, 2.24) is 19.7 Å². The molecule has 1 aliphatic heterocycles. The molecule has 1 aromatic carbocycles. The number of amides is 1. The predicted molar refractivity (Wildman–Crippen MR) is 118 cm³/mol. The van der Waals surface area contributed by atoms with E-state index < -0.39 is 0 Å². The lowest BCUT2D eigenvalue weighted by Gasteiger charge is -2.35. The van der Waals surface area contributed by atoms with E-state index in [2.05, 4.69) is 28.2 Å². The van der Waals surface area contributed by atoms with Gasteiger partial charge in [-0.2, -0.15) is 5.10 Å². The zero-order chi connectivity index (χ0) is 21.7. The van der Waals surface area contributed by atoms with Crippen molar-refractivity contribution in [3.8, 4) is 22.9 Å². The van der Waals surface area contributed by atoms with Crippen molar-refractivity contribution in [2.24, 2.45) is 0 Å². The van der Waals surface area contributed by atoms with E-state index >= 15 is 0 Å². The summed E-state index contributed by atoms with van der Waals surface area (Å²) in [6.45, 7) is 7.57. The molecule has 7 heteroatoms. The first-order valence-corrected chi connectivity index (χ1v) is 10.9. The van der Waals surface area contributed by atoms with Crippen LogP contribution >= 0.6 is 0 Å². The summed E-state index contributed by atoms with van der Waals surface area (Å²) >= 11 is 0. The topological polar surface area (TPSA) is 73.1 Å². The Morgan fingerprint density at radius 1 is 1.13 bits per heavy atom. The van der Waals surface area contributed by atoms with Crippen molar-refractivity contribution in [1.29, 1.82) is 0 Å². The van der Waals surface area contributed by atoms with Gasteiger partial charge in [-0.3, -0.25) is 9.48 Å². The number of carbonyl (C=O) groups is 1. The number of aryl methyl sites for hydroxylation is 2. The monoisotopic (exact) mass is 417 g/mol. The minimum atomic E-state index is 0.0383. The minimum absolute atomic E-state index is 0.0383. The molecule has 7 nitrogen and oxygen atoms in total. The summed E-state index contributed by atoms with van der Waals surface area (Å²) in [4.78, 5) is 23.3. The van der Waals surface area contributed by atoms with E-state index in [0.29, 0.717) is 12.1 Å².